The topological polar surface area (TPSA) is 35.2 Å². The molecule has 2 N–H and O–H groups in total. The predicted octanol–water partition coefficient (Wildman–Crippen LogP) is 4.20. The molecule has 0 radical (unpaired) electrons. The molecule has 112 valence electrons. The van der Waals surface area contributed by atoms with Crippen LogP contribution in [-0.2, 0) is 11.2 Å². The fourth-order valence-corrected chi connectivity index (χ4v) is 3.61. The Hall–Kier alpha value is -0.450. The quantitative estimate of drug-likeness (QED) is 0.831. The molecule has 0 spiro atoms. The monoisotopic (exact) mass is 343 g/mol. The molecule has 1 atom stereocenters. The van der Waals surface area contributed by atoms with Crippen LogP contribution in [0.5, 0.6) is 0 Å². The summed E-state index contributed by atoms with van der Waals surface area (Å²) in [5, 5.41) is 0. The first-order valence-electron chi connectivity index (χ1n) is 7.33. The lowest BCUT2D eigenvalue weighted by Crippen LogP contribution is -2.50. The van der Waals surface area contributed by atoms with E-state index in [0.717, 1.165) is 31.2 Å². The molecule has 4 heteroatoms. The third kappa shape index (κ3) is 3.41. The number of halogens is 2. The Bertz CT molecular complexity index is 444. The van der Waals surface area contributed by atoms with Gasteiger partial charge < -0.3 is 10.5 Å². The average molecular weight is 344 g/mol. The summed E-state index contributed by atoms with van der Waals surface area (Å²) in [5.74, 6) is -0.234. The molecule has 0 bridgehead atoms. The molecule has 20 heavy (non-hydrogen) atoms. The summed E-state index contributed by atoms with van der Waals surface area (Å²) in [4.78, 5) is 0. The van der Waals surface area contributed by atoms with Gasteiger partial charge in [-0.1, -0.05) is 37.8 Å². The molecule has 1 saturated carbocycles. The first kappa shape index (κ1) is 15.9. The lowest BCUT2D eigenvalue weighted by molar-refractivity contribution is -0.0430. The predicted molar refractivity (Wildman–Crippen MR) is 83.2 cm³/mol. The van der Waals surface area contributed by atoms with E-state index >= 15 is 0 Å². The summed E-state index contributed by atoms with van der Waals surface area (Å²) >= 11 is 3.32. The second-order valence-corrected chi connectivity index (χ2v) is 6.50. The van der Waals surface area contributed by atoms with E-state index in [1.165, 1.54) is 18.9 Å². The molecule has 1 unspecified atom stereocenters. The van der Waals surface area contributed by atoms with Crippen molar-refractivity contribution in [1.82, 2.24) is 0 Å². The number of methoxy groups -OCH3 is 1. The van der Waals surface area contributed by atoms with E-state index in [1.807, 2.05) is 6.07 Å². The van der Waals surface area contributed by atoms with E-state index in [4.69, 9.17) is 10.5 Å². The minimum Gasteiger partial charge on any atom is -0.377 e. The van der Waals surface area contributed by atoms with Crippen molar-refractivity contribution in [2.45, 2.75) is 56.6 Å². The number of ether oxygens (including phenoxy) is 1. The zero-order valence-electron chi connectivity index (χ0n) is 12.0. The van der Waals surface area contributed by atoms with Gasteiger partial charge in [-0.05, 0) is 46.8 Å². The zero-order valence-corrected chi connectivity index (χ0v) is 13.6. The molecule has 0 heterocycles. The average Bonchev–Trinajstić information content (AvgIpc) is 2.70. The third-order valence-electron chi connectivity index (χ3n) is 4.50. The van der Waals surface area contributed by atoms with Crippen LogP contribution in [-0.4, -0.2) is 18.8 Å². The van der Waals surface area contributed by atoms with Crippen molar-refractivity contribution in [3.05, 3.63) is 34.1 Å². The Morgan fingerprint density at radius 1 is 1.30 bits per heavy atom. The molecular formula is C16H23BrFNO. The number of benzene rings is 1. The summed E-state index contributed by atoms with van der Waals surface area (Å²) < 4.78 is 19.9. The Morgan fingerprint density at radius 3 is 2.55 bits per heavy atom. The van der Waals surface area contributed by atoms with Crippen molar-refractivity contribution in [3.8, 4) is 0 Å². The first-order valence-corrected chi connectivity index (χ1v) is 8.12. The smallest absolute Gasteiger partial charge is 0.137 e. The summed E-state index contributed by atoms with van der Waals surface area (Å²) in [5.41, 5.74) is 7.10. The number of hydrogen-bond donors (Lipinski definition) is 1. The van der Waals surface area contributed by atoms with E-state index in [2.05, 4.69) is 15.9 Å². The van der Waals surface area contributed by atoms with Crippen molar-refractivity contribution in [2.75, 3.05) is 7.11 Å². The van der Waals surface area contributed by atoms with E-state index < -0.39 is 0 Å². The molecule has 1 aliphatic rings. The van der Waals surface area contributed by atoms with Crippen molar-refractivity contribution in [3.63, 3.8) is 0 Å². The Labute approximate surface area is 129 Å². The van der Waals surface area contributed by atoms with Crippen molar-refractivity contribution in [1.29, 1.82) is 0 Å². The normalized spacial score (nSPS) is 20.4. The van der Waals surface area contributed by atoms with E-state index in [9.17, 15) is 4.39 Å². The van der Waals surface area contributed by atoms with Crippen molar-refractivity contribution >= 4 is 15.9 Å². The highest BCUT2D eigenvalue weighted by molar-refractivity contribution is 9.10. The second kappa shape index (κ2) is 7.01. The van der Waals surface area contributed by atoms with Gasteiger partial charge in [0.05, 0.1) is 10.1 Å². The fourth-order valence-electron chi connectivity index (χ4n) is 3.18. The van der Waals surface area contributed by atoms with Gasteiger partial charge >= 0.3 is 0 Å². The zero-order chi connectivity index (χ0) is 14.6. The maximum atomic E-state index is 13.6. The molecule has 0 aromatic heterocycles. The summed E-state index contributed by atoms with van der Waals surface area (Å²) in [6, 6.07) is 5.00. The second-order valence-electron chi connectivity index (χ2n) is 5.71. The summed E-state index contributed by atoms with van der Waals surface area (Å²) in [6.07, 6.45) is 7.45. The minimum absolute atomic E-state index is 0.108. The molecule has 1 fully saturated rings. The van der Waals surface area contributed by atoms with Crippen LogP contribution in [0.15, 0.2) is 22.7 Å². The summed E-state index contributed by atoms with van der Waals surface area (Å²) in [7, 11) is 1.76. The van der Waals surface area contributed by atoms with Gasteiger partial charge in [-0.15, -0.1) is 0 Å². The van der Waals surface area contributed by atoms with Gasteiger partial charge in [0.15, 0.2) is 0 Å². The van der Waals surface area contributed by atoms with E-state index in [1.54, 1.807) is 13.2 Å². The lowest BCUT2D eigenvalue weighted by atomic mass is 9.83. The third-order valence-corrected chi connectivity index (χ3v) is 5.39. The maximum absolute atomic E-state index is 13.6. The van der Waals surface area contributed by atoms with Crippen molar-refractivity contribution in [2.24, 2.45) is 5.73 Å². The highest BCUT2D eigenvalue weighted by atomic mass is 79.9. The number of rotatable bonds is 4. The SMILES string of the molecule is COC1(C(N)Cc2cccc(F)c2Br)CCCCCC1. The van der Waals surface area contributed by atoms with Gasteiger partial charge in [-0.25, -0.2) is 4.39 Å². The molecule has 0 saturated heterocycles. The van der Waals surface area contributed by atoms with E-state index in [0.29, 0.717) is 10.9 Å². The number of nitrogens with two attached hydrogens (primary N) is 1. The number of hydrogen-bond acceptors (Lipinski definition) is 2. The first-order chi connectivity index (χ1) is 9.59. The van der Waals surface area contributed by atoms with Gasteiger partial charge in [0.2, 0.25) is 0 Å². The summed E-state index contributed by atoms with van der Waals surface area (Å²) in [6.45, 7) is 0. The van der Waals surface area contributed by atoms with Crippen LogP contribution >= 0.6 is 15.9 Å². The molecule has 0 amide bonds. The molecule has 2 nitrogen and oxygen atoms in total. The highest BCUT2D eigenvalue weighted by Gasteiger charge is 2.37. The molecule has 1 aromatic rings. The lowest BCUT2D eigenvalue weighted by Gasteiger charge is -2.37. The van der Waals surface area contributed by atoms with Crippen LogP contribution in [0.4, 0.5) is 4.39 Å². The molecular weight excluding hydrogens is 321 g/mol. The molecule has 1 aliphatic carbocycles. The van der Waals surface area contributed by atoms with Gasteiger partial charge in [-0.2, -0.15) is 0 Å². The van der Waals surface area contributed by atoms with Crippen LogP contribution in [0.2, 0.25) is 0 Å². The molecule has 2 rings (SSSR count). The maximum Gasteiger partial charge on any atom is 0.137 e. The Kier molecular flexibility index (Phi) is 5.58. The van der Waals surface area contributed by atoms with Crippen LogP contribution in [0.25, 0.3) is 0 Å². The van der Waals surface area contributed by atoms with E-state index in [-0.39, 0.29) is 17.5 Å². The Morgan fingerprint density at radius 2 is 1.95 bits per heavy atom. The van der Waals surface area contributed by atoms with Gasteiger partial charge in [0, 0.05) is 13.2 Å². The van der Waals surface area contributed by atoms with Gasteiger partial charge in [0.1, 0.15) is 5.82 Å². The van der Waals surface area contributed by atoms with Gasteiger partial charge in [0.25, 0.3) is 0 Å². The Balaban J connectivity index is 2.16. The fraction of sp³-hybridized carbons (Fsp3) is 0.625. The van der Waals surface area contributed by atoms with Crippen LogP contribution < -0.4 is 5.73 Å². The largest absolute Gasteiger partial charge is 0.377 e. The van der Waals surface area contributed by atoms with Crippen LogP contribution in [0, 0.1) is 5.82 Å². The van der Waals surface area contributed by atoms with Gasteiger partial charge in [-0.3, -0.25) is 0 Å². The van der Waals surface area contributed by atoms with Crippen molar-refractivity contribution < 1.29 is 9.13 Å². The standard InChI is InChI=1S/C16H23BrFNO/c1-20-16(9-4-2-3-5-10-16)14(19)11-12-7-6-8-13(18)15(12)17/h6-8,14H,2-5,9-11,19H2,1H3. The van der Waals surface area contributed by atoms with Crippen LogP contribution in [0.1, 0.15) is 44.1 Å². The van der Waals surface area contributed by atoms with Crippen LogP contribution in [0.3, 0.4) is 0 Å². The molecule has 1 aromatic carbocycles. The highest BCUT2D eigenvalue weighted by Crippen LogP contribution is 2.34. The molecule has 0 aliphatic heterocycles. The minimum atomic E-state index is -0.262.